The molecule has 0 bridgehead atoms. The van der Waals surface area contributed by atoms with Gasteiger partial charge in [-0.15, -0.1) is 0 Å². The maximum absolute atomic E-state index is 12.7. The first-order valence-corrected chi connectivity index (χ1v) is 9.50. The lowest BCUT2D eigenvalue weighted by Crippen LogP contribution is -2.48. The topological polar surface area (TPSA) is 54.0 Å². The van der Waals surface area contributed by atoms with Crippen LogP contribution in [0.4, 0.5) is 10.5 Å². The van der Waals surface area contributed by atoms with E-state index < -0.39 is 0 Å². The SMILES string of the molecule is COc1cc(OC)c(NC(=O)N2CCC3(CCN(C)CC3)CC2)cc1Cl. The second-order valence-electron chi connectivity index (χ2n) is 7.41. The number of carbonyl (C=O) groups is 1. The minimum atomic E-state index is -0.104. The lowest BCUT2D eigenvalue weighted by Gasteiger charge is -2.46. The molecule has 1 spiro atoms. The van der Waals surface area contributed by atoms with Crippen molar-refractivity contribution < 1.29 is 14.3 Å². The number of anilines is 1. The molecule has 0 saturated carbocycles. The zero-order valence-corrected chi connectivity index (χ0v) is 16.6. The number of likely N-dealkylation sites (tertiary alicyclic amines) is 2. The van der Waals surface area contributed by atoms with Gasteiger partial charge in [-0.05, 0) is 57.3 Å². The van der Waals surface area contributed by atoms with Gasteiger partial charge in [0.2, 0.25) is 0 Å². The minimum absolute atomic E-state index is 0.104. The molecular formula is C19H28ClN3O3. The number of urea groups is 1. The molecule has 2 saturated heterocycles. The van der Waals surface area contributed by atoms with Crippen molar-refractivity contribution in [2.45, 2.75) is 25.7 Å². The van der Waals surface area contributed by atoms with Crippen LogP contribution in [0.1, 0.15) is 25.7 Å². The predicted molar refractivity (Wildman–Crippen MR) is 104 cm³/mol. The molecule has 2 heterocycles. The van der Waals surface area contributed by atoms with Crippen molar-refractivity contribution in [3.8, 4) is 11.5 Å². The molecular weight excluding hydrogens is 354 g/mol. The highest BCUT2D eigenvalue weighted by molar-refractivity contribution is 6.32. The molecule has 2 amide bonds. The van der Waals surface area contributed by atoms with Crippen LogP contribution in [0, 0.1) is 5.41 Å². The molecule has 0 unspecified atom stereocenters. The monoisotopic (exact) mass is 381 g/mol. The van der Waals surface area contributed by atoms with Gasteiger partial charge in [0.1, 0.15) is 11.5 Å². The lowest BCUT2D eigenvalue weighted by molar-refractivity contribution is 0.0563. The van der Waals surface area contributed by atoms with Crippen molar-refractivity contribution in [3.05, 3.63) is 17.2 Å². The third-order valence-corrected chi connectivity index (χ3v) is 6.17. The molecule has 1 aromatic carbocycles. The van der Waals surface area contributed by atoms with Gasteiger partial charge in [-0.3, -0.25) is 0 Å². The zero-order chi connectivity index (χ0) is 18.7. The van der Waals surface area contributed by atoms with Crippen LogP contribution in [0.3, 0.4) is 0 Å². The number of piperidine rings is 2. The number of hydrogen-bond acceptors (Lipinski definition) is 4. The Morgan fingerprint density at radius 2 is 1.62 bits per heavy atom. The second-order valence-corrected chi connectivity index (χ2v) is 7.81. The molecule has 1 N–H and O–H groups in total. The van der Waals surface area contributed by atoms with Gasteiger partial charge in [0, 0.05) is 19.2 Å². The number of rotatable bonds is 3. The Bertz CT molecular complexity index is 650. The molecule has 7 heteroatoms. The van der Waals surface area contributed by atoms with Gasteiger partial charge in [-0.1, -0.05) is 11.6 Å². The molecule has 0 aromatic heterocycles. The Morgan fingerprint density at radius 1 is 1.04 bits per heavy atom. The van der Waals surface area contributed by atoms with E-state index in [2.05, 4.69) is 17.3 Å². The highest BCUT2D eigenvalue weighted by Gasteiger charge is 2.37. The van der Waals surface area contributed by atoms with Crippen LogP contribution in [-0.2, 0) is 0 Å². The largest absolute Gasteiger partial charge is 0.495 e. The summed E-state index contributed by atoms with van der Waals surface area (Å²) in [6, 6.07) is 3.24. The van der Waals surface area contributed by atoms with Crippen molar-refractivity contribution in [3.63, 3.8) is 0 Å². The quantitative estimate of drug-likeness (QED) is 0.867. The molecule has 3 rings (SSSR count). The summed E-state index contributed by atoms with van der Waals surface area (Å²) < 4.78 is 10.6. The fraction of sp³-hybridized carbons (Fsp3) is 0.632. The van der Waals surface area contributed by atoms with E-state index in [1.54, 1.807) is 26.4 Å². The Kier molecular flexibility index (Phi) is 5.82. The van der Waals surface area contributed by atoms with Gasteiger partial charge >= 0.3 is 6.03 Å². The summed E-state index contributed by atoms with van der Waals surface area (Å²) in [7, 11) is 5.29. The average Bonchev–Trinajstić information content (AvgIpc) is 2.65. The third-order valence-electron chi connectivity index (χ3n) is 5.87. The van der Waals surface area contributed by atoms with Crippen LogP contribution >= 0.6 is 11.6 Å². The Balaban J connectivity index is 1.62. The Morgan fingerprint density at radius 3 is 2.19 bits per heavy atom. The van der Waals surface area contributed by atoms with Crippen molar-refractivity contribution in [1.82, 2.24) is 9.80 Å². The number of carbonyl (C=O) groups excluding carboxylic acids is 1. The molecule has 6 nitrogen and oxygen atoms in total. The maximum Gasteiger partial charge on any atom is 0.321 e. The number of amides is 2. The summed E-state index contributed by atoms with van der Waals surface area (Å²) in [5, 5.41) is 3.37. The van der Waals surface area contributed by atoms with Gasteiger partial charge in [0.05, 0.1) is 24.9 Å². The smallest absolute Gasteiger partial charge is 0.321 e. The highest BCUT2D eigenvalue weighted by Crippen LogP contribution is 2.41. The van der Waals surface area contributed by atoms with Crippen LogP contribution in [0.2, 0.25) is 5.02 Å². The molecule has 0 atom stereocenters. The van der Waals surface area contributed by atoms with E-state index in [9.17, 15) is 4.79 Å². The van der Waals surface area contributed by atoms with Gasteiger partial charge in [0.15, 0.2) is 0 Å². The van der Waals surface area contributed by atoms with E-state index in [0.717, 1.165) is 39.0 Å². The maximum atomic E-state index is 12.7. The normalized spacial score (nSPS) is 20.1. The number of ether oxygens (including phenoxy) is 2. The van der Waals surface area contributed by atoms with Gasteiger partial charge in [0.25, 0.3) is 0 Å². The molecule has 144 valence electrons. The van der Waals surface area contributed by atoms with Gasteiger partial charge in [-0.25, -0.2) is 4.79 Å². The summed E-state index contributed by atoms with van der Waals surface area (Å²) in [6.45, 7) is 3.91. The van der Waals surface area contributed by atoms with E-state index in [1.165, 1.54) is 12.8 Å². The number of nitrogens with zero attached hydrogens (tertiary/aromatic N) is 2. The first-order valence-electron chi connectivity index (χ1n) is 9.12. The lowest BCUT2D eigenvalue weighted by atomic mass is 9.71. The van der Waals surface area contributed by atoms with Gasteiger partial charge < -0.3 is 24.6 Å². The number of hydrogen-bond donors (Lipinski definition) is 1. The molecule has 2 fully saturated rings. The van der Waals surface area contributed by atoms with Crippen LogP contribution < -0.4 is 14.8 Å². The molecule has 2 aliphatic rings. The molecule has 1 aromatic rings. The van der Waals surface area contributed by atoms with Crippen molar-refractivity contribution in [1.29, 1.82) is 0 Å². The second kappa shape index (κ2) is 7.92. The third kappa shape index (κ3) is 4.01. The molecule has 26 heavy (non-hydrogen) atoms. The Hall–Kier alpha value is -1.66. The van der Waals surface area contributed by atoms with Crippen LogP contribution in [0.5, 0.6) is 11.5 Å². The van der Waals surface area contributed by atoms with E-state index >= 15 is 0 Å². The fourth-order valence-electron chi connectivity index (χ4n) is 3.93. The standard InChI is InChI=1S/C19H28ClN3O3/c1-22-8-4-19(5-9-22)6-10-23(11-7-19)18(24)21-15-12-14(20)16(25-2)13-17(15)26-3/h12-13H,4-11H2,1-3H3,(H,21,24). The minimum Gasteiger partial charge on any atom is -0.495 e. The summed E-state index contributed by atoms with van der Waals surface area (Å²) in [5.41, 5.74) is 0.979. The van der Waals surface area contributed by atoms with Crippen molar-refractivity contribution >= 4 is 23.3 Å². The van der Waals surface area contributed by atoms with Crippen molar-refractivity contribution in [2.24, 2.45) is 5.41 Å². The fourth-order valence-corrected chi connectivity index (χ4v) is 4.17. The number of benzene rings is 1. The van der Waals surface area contributed by atoms with E-state index in [1.807, 2.05) is 4.90 Å². The van der Waals surface area contributed by atoms with Crippen LogP contribution in [-0.4, -0.2) is 63.3 Å². The van der Waals surface area contributed by atoms with Crippen LogP contribution in [0.15, 0.2) is 12.1 Å². The first kappa shape index (κ1) is 19.1. The summed E-state index contributed by atoms with van der Waals surface area (Å²) >= 11 is 6.19. The molecule has 2 aliphatic heterocycles. The zero-order valence-electron chi connectivity index (χ0n) is 15.8. The summed E-state index contributed by atoms with van der Waals surface area (Å²) in [5.74, 6) is 1.05. The number of halogens is 1. The van der Waals surface area contributed by atoms with E-state index in [-0.39, 0.29) is 6.03 Å². The van der Waals surface area contributed by atoms with E-state index in [0.29, 0.717) is 27.6 Å². The first-order chi connectivity index (χ1) is 12.5. The van der Waals surface area contributed by atoms with Crippen LogP contribution in [0.25, 0.3) is 0 Å². The average molecular weight is 382 g/mol. The summed E-state index contributed by atoms with van der Waals surface area (Å²) in [4.78, 5) is 17.0. The Labute approximate surface area is 160 Å². The molecule has 0 aliphatic carbocycles. The number of methoxy groups -OCH3 is 2. The molecule has 0 radical (unpaired) electrons. The number of nitrogens with one attached hydrogen (secondary N) is 1. The highest BCUT2D eigenvalue weighted by atomic mass is 35.5. The summed E-state index contributed by atoms with van der Waals surface area (Å²) in [6.07, 6.45) is 4.63. The van der Waals surface area contributed by atoms with Gasteiger partial charge in [-0.2, -0.15) is 0 Å². The predicted octanol–water partition coefficient (Wildman–Crippen LogP) is 3.70. The van der Waals surface area contributed by atoms with E-state index in [4.69, 9.17) is 21.1 Å². The van der Waals surface area contributed by atoms with Crippen molar-refractivity contribution in [2.75, 3.05) is 52.8 Å².